The Morgan fingerprint density at radius 1 is 0.871 bits per heavy atom. The van der Waals surface area contributed by atoms with Crippen molar-refractivity contribution in [1.82, 2.24) is 0 Å². The summed E-state index contributed by atoms with van der Waals surface area (Å²) in [6.07, 6.45) is -4.52. The number of ether oxygens (including phenoxy) is 1. The van der Waals surface area contributed by atoms with Gasteiger partial charge in [0.2, 0.25) is 0 Å². The summed E-state index contributed by atoms with van der Waals surface area (Å²) in [5, 5.41) is 4.76. The first kappa shape index (κ1) is 21.8. The minimum Gasteiger partial charge on any atom is -0.484 e. The molecule has 2 N–H and O–H groups in total. The van der Waals surface area contributed by atoms with Gasteiger partial charge < -0.3 is 15.4 Å². The number of para-hydroxylation sites is 1. The van der Waals surface area contributed by atoms with Gasteiger partial charge in [0.1, 0.15) is 11.6 Å². The highest BCUT2D eigenvalue weighted by Gasteiger charge is 2.30. The van der Waals surface area contributed by atoms with Crippen LogP contribution >= 0.6 is 0 Å². The Morgan fingerprint density at radius 3 is 2.26 bits per heavy atom. The molecule has 0 saturated carbocycles. The maximum Gasteiger partial charge on any atom is 0.416 e. The van der Waals surface area contributed by atoms with E-state index >= 15 is 0 Å². The zero-order chi connectivity index (χ0) is 22.4. The minimum atomic E-state index is -4.52. The van der Waals surface area contributed by atoms with Gasteiger partial charge in [-0.05, 0) is 54.6 Å². The average Bonchev–Trinajstić information content (AvgIpc) is 2.74. The van der Waals surface area contributed by atoms with E-state index in [4.69, 9.17) is 4.74 Å². The summed E-state index contributed by atoms with van der Waals surface area (Å²) in [6.45, 7) is -0.447. The van der Waals surface area contributed by atoms with Crippen molar-refractivity contribution in [2.45, 2.75) is 6.18 Å². The van der Waals surface area contributed by atoms with E-state index < -0.39 is 36.0 Å². The molecule has 31 heavy (non-hydrogen) atoms. The predicted octanol–water partition coefficient (Wildman–Crippen LogP) is 5.11. The van der Waals surface area contributed by atoms with Gasteiger partial charge >= 0.3 is 6.18 Å². The summed E-state index contributed by atoms with van der Waals surface area (Å²) < 4.78 is 57.1. The van der Waals surface area contributed by atoms with Crippen molar-refractivity contribution in [3.8, 4) is 5.75 Å². The standard InChI is InChI=1S/C22H16F4N2O3/c23-18-6-1-2-7-19(18)28-21(30)14-8-10-17(11-9-14)31-13-20(29)27-16-5-3-4-15(12-16)22(24,25)26/h1-12H,13H2,(H,27,29)(H,28,30). The molecule has 0 aliphatic carbocycles. The van der Waals surface area contributed by atoms with Gasteiger partial charge in [0.25, 0.3) is 11.8 Å². The monoisotopic (exact) mass is 432 g/mol. The molecule has 3 rings (SSSR count). The average molecular weight is 432 g/mol. The molecule has 3 aromatic rings. The number of halogens is 4. The van der Waals surface area contributed by atoms with Crippen LogP contribution in [0.2, 0.25) is 0 Å². The molecule has 2 amide bonds. The highest BCUT2D eigenvalue weighted by molar-refractivity contribution is 6.04. The lowest BCUT2D eigenvalue weighted by molar-refractivity contribution is -0.137. The van der Waals surface area contributed by atoms with E-state index in [-0.39, 0.29) is 22.7 Å². The van der Waals surface area contributed by atoms with Crippen molar-refractivity contribution in [3.05, 3.63) is 89.7 Å². The summed E-state index contributed by atoms with van der Waals surface area (Å²) in [7, 11) is 0. The lowest BCUT2D eigenvalue weighted by Crippen LogP contribution is -2.20. The molecule has 0 aromatic heterocycles. The molecule has 0 fully saturated rings. The van der Waals surface area contributed by atoms with Crippen molar-refractivity contribution in [3.63, 3.8) is 0 Å². The molecule has 9 heteroatoms. The molecule has 0 saturated heterocycles. The summed E-state index contributed by atoms with van der Waals surface area (Å²) >= 11 is 0. The van der Waals surface area contributed by atoms with E-state index in [2.05, 4.69) is 10.6 Å². The number of amides is 2. The first-order chi connectivity index (χ1) is 14.7. The third-order valence-corrected chi connectivity index (χ3v) is 4.08. The second-order valence-corrected chi connectivity index (χ2v) is 6.37. The lowest BCUT2D eigenvalue weighted by Gasteiger charge is -2.11. The summed E-state index contributed by atoms with van der Waals surface area (Å²) in [6, 6.07) is 15.7. The molecular weight excluding hydrogens is 416 g/mol. The molecule has 0 bridgehead atoms. The molecule has 5 nitrogen and oxygen atoms in total. The molecule has 0 spiro atoms. The van der Waals surface area contributed by atoms with Crippen LogP contribution in [0, 0.1) is 5.82 Å². The van der Waals surface area contributed by atoms with E-state index in [1.165, 1.54) is 54.6 Å². The van der Waals surface area contributed by atoms with Crippen LogP contribution in [0.1, 0.15) is 15.9 Å². The smallest absolute Gasteiger partial charge is 0.416 e. The zero-order valence-corrected chi connectivity index (χ0v) is 15.9. The van der Waals surface area contributed by atoms with Crippen molar-refractivity contribution in [2.24, 2.45) is 0 Å². The Balaban J connectivity index is 1.54. The van der Waals surface area contributed by atoms with Gasteiger partial charge in [-0.15, -0.1) is 0 Å². The fourth-order valence-corrected chi connectivity index (χ4v) is 2.58. The molecule has 3 aromatic carbocycles. The van der Waals surface area contributed by atoms with E-state index in [1.807, 2.05) is 0 Å². The Hall–Kier alpha value is -3.88. The Bertz CT molecular complexity index is 1080. The lowest BCUT2D eigenvalue weighted by atomic mass is 10.2. The van der Waals surface area contributed by atoms with Gasteiger partial charge in [-0.2, -0.15) is 13.2 Å². The van der Waals surface area contributed by atoms with Crippen LogP contribution in [0.15, 0.2) is 72.8 Å². The number of nitrogens with one attached hydrogen (secondary N) is 2. The number of hydrogen-bond acceptors (Lipinski definition) is 3. The number of hydrogen-bond donors (Lipinski definition) is 2. The van der Waals surface area contributed by atoms with Crippen LogP contribution in [0.3, 0.4) is 0 Å². The van der Waals surface area contributed by atoms with Crippen LogP contribution < -0.4 is 15.4 Å². The van der Waals surface area contributed by atoms with Gasteiger partial charge in [-0.3, -0.25) is 9.59 Å². The van der Waals surface area contributed by atoms with E-state index in [9.17, 15) is 27.2 Å². The largest absolute Gasteiger partial charge is 0.484 e. The molecule has 0 aliphatic rings. The number of alkyl halides is 3. The summed E-state index contributed by atoms with van der Waals surface area (Å²) in [4.78, 5) is 24.1. The predicted molar refractivity (Wildman–Crippen MR) is 106 cm³/mol. The van der Waals surface area contributed by atoms with E-state index in [1.54, 1.807) is 6.07 Å². The number of benzene rings is 3. The first-order valence-electron chi connectivity index (χ1n) is 8.98. The topological polar surface area (TPSA) is 67.4 Å². The maximum absolute atomic E-state index is 13.6. The zero-order valence-electron chi connectivity index (χ0n) is 15.9. The van der Waals surface area contributed by atoms with E-state index in [0.717, 1.165) is 12.1 Å². The van der Waals surface area contributed by atoms with Gasteiger partial charge in [-0.1, -0.05) is 18.2 Å². The highest BCUT2D eigenvalue weighted by Crippen LogP contribution is 2.30. The Labute approximate surface area is 174 Å². The molecule has 0 radical (unpaired) electrons. The molecule has 0 aliphatic heterocycles. The SMILES string of the molecule is O=C(COc1ccc(C(=O)Nc2ccccc2F)cc1)Nc1cccc(C(F)(F)F)c1. The Kier molecular flexibility index (Phi) is 6.54. The van der Waals surface area contributed by atoms with Crippen LogP contribution in [0.5, 0.6) is 5.75 Å². The second kappa shape index (κ2) is 9.29. The fourth-order valence-electron chi connectivity index (χ4n) is 2.58. The summed E-state index contributed by atoms with van der Waals surface area (Å²) in [5.41, 5.74) is -0.609. The quantitative estimate of drug-likeness (QED) is 0.532. The van der Waals surface area contributed by atoms with Crippen LogP contribution in [-0.4, -0.2) is 18.4 Å². The van der Waals surface area contributed by atoms with Crippen LogP contribution in [-0.2, 0) is 11.0 Å². The second-order valence-electron chi connectivity index (χ2n) is 6.37. The van der Waals surface area contributed by atoms with Gasteiger partial charge in [0, 0.05) is 11.3 Å². The molecular formula is C22H16F4N2O3. The van der Waals surface area contributed by atoms with Crippen molar-refractivity contribution in [1.29, 1.82) is 0 Å². The maximum atomic E-state index is 13.6. The number of carbonyl (C=O) groups excluding carboxylic acids is 2. The van der Waals surface area contributed by atoms with Gasteiger partial charge in [-0.25, -0.2) is 4.39 Å². The third kappa shape index (κ3) is 6.05. The fraction of sp³-hybridized carbons (Fsp3) is 0.0909. The third-order valence-electron chi connectivity index (χ3n) is 4.08. The minimum absolute atomic E-state index is 0.0106. The number of rotatable bonds is 6. The van der Waals surface area contributed by atoms with Gasteiger partial charge in [0.05, 0.1) is 11.3 Å². The first-order valence-corrected chi connectivity index (χ1v) is 8.98. The van der Waals surface area contributed by atoms with Crippen LogP contribution in [0.4, 0.5) is 28.9 Å². The normalized spacial score (nSPS) is 11.0. The Morgan fingerprint density at radius 2 is 1.58 bits per heavy atom. The molecule has 0 atom stereocenters. The van der Waals surface area contributed by atoms with Crippen molar-refractivity contribution in [2.75, 3.05) is 17.2 Å². The number of carbonyl (C=O) groups is 2. The molecule has 0 unspecified atom stereocenters. The number of anilines is 2. The van der Waals surface area contributed by atoms with Crippen molar-refractivity contribution < 1.29 is 31.9 Å². The highest BCUT2D eigenvalue weighted by atomic mass is 19.4. The van der Waals surface area contributed by atoms with E-state index in [0.29, 0.717) is 0 Å². The molecule has 160 valence electrons. The van der Waals surface area contributed by atoms with Crippen molar-refractivity contribution >= 4 is 23.2 Å². The van der Waals surface area contributed by atoms with Gasteiger partial charge in [0.15, 0.2) is 6.61 Å². The van der Waals surface area contributed by atoms with Crippen LogP contribution in [0.25, 0.3) is 0 Å². The summed E-state index contributed by atoms with van der Waals surface area (Å²) in [5.74, 6) is -1.48. The molecule has 0 heterocycles.